The average Bonchev–Trinajstić information content (AvgIpc) is 2.60. The van der Waals surface area contributed by atoms with E-state index in [0.29, 0.717) is 30.6 Å². The van der Waals surface area contributed by atoms with Crippen LogP contribution in [0.5, 0.6) is 5.75 Å². The molecule has 7 heteroatoms. The summed E-state index contributed by atoms with van der Waals surface area (Å²) in [7, 11) is 0. The molecule has 0 bridgehead atoms. The van der Waals surface area contributed by atoms with Crippen LogP contribution in [0.15, 0.2) is 30.5 Å². The number of pyridine rings is 1. The molecule has 0 saturated heterocycles. The summed E-state index contributed by atoms with van der Waals surface area (Å²) in [5, 5.41) is 32.3. The number of phenols is 1. The molecule has 0 spiro atoms. The number of nitrogens with zero attached hydrogens (tertiary/aromatic N) is 2. The number of likely N-dealkylation sites (N-methyl/N-ethyl adjacent to an activating group) is 1. The number of carboxylic acid groups (broad SMARTS) is 1. The minimum absolute atomic E-state index is 0.0954. The SMILES string of the molecule is CCN(CCO)CCCC(C)(Nc1ccnc2cc(O)ccc12)C(=O)O. The first-order valence-corrected chi connectivity index (χ1v) is 8.82. The monoisotopic (exact) mass is 361 g/mol. The van der Waals surface area contributed by atoms with Gasteiger partial charge in [0.25, 0.3) is 0 Å². The Balaban J connectivity index is 2.16. The fourth-order valence-corrected chi connectivity index (χ4v) is 2.99. The number of benzene rings is 1. The van der Waals surface area contributed by atoms with E-state index in [1.807, 2.05) is 6.92 Å². The van der Waals surface area contributed by atoms with Crippen LogP contribution in [0.4, 0.5) is 5.69 Å². The molecule has 2 aromatic rings. The van der Waals surface area contributed by atoms with Crippen molar-refractivity contribution in [1.82, 2.24) is 9.88 Å². The quantitative estimate of drug-likeness (QED) is 0.514. The van der Waals surface area contributed by atoms with Gasteiger partial charge in [-0.25, -0.2) is 4.79 Å². The number of hydrogen-bond acceptors (Lipinski definition) is 6. The number of aliphatic hydroxyl groups is 1. The number of nitrogens with one attached hydrogen (secondary N) is 1. The van der Waals surface area contributed by atoms with Crippen molar-refractivity contribution in [3.05, 3.63) is 30.5 Å². The Morgan fingerprint density at radius 2 is 2.08 bits per heavy atom. The summed E-state index contributed by atoms with van der Waals surface area (Å²) in [6, 6.07) is 6.57. The van der Waals surface area contributed by atoms with E-state index in [0.717, 1.165) is 18.5 Å². The molecule has 1 heterocycles. The number of aromatic nitrogens is 1. The Morgan fingerprint density at radius 1 is 1.31 bits per heavy atom. The van der Waals surface area contributed by atoms with E-state index in [1.54, 1.807) is 37.4 Å². The van der Waals surface area contributed by atoms with E-state index in [9.17, 15) is 15.0 Å². The van der Waals surface area contributed by atoms with Crippen LogP contribution in [-0.2, 0) is 4.79 Å². The molecule has 7 nitrogen and oxygen atoms in total. The molecule has 26 heavy (non-hydrogen) atoms. The van der Waals surface area contributed by atoms with Gasteiger partial charge >= 0.3 is 5.97 Å². The molecule has 0 saturated carbocycles. The number of aliphatic carboxylic acids is 1. The lowest BCUT2D eigenvalue weighted by Gasteiger charge is -2.29. The number of hydrogen-bond donors (Lipinski definition) is 4. The molecule has 1 aromatic carbocycles. The number of aliphatic hydroxyl groups excluding tert-OH is 1. The number of rotatable bonds is 10. The van der Waals surface area contributed by atoms with Crippen LogP contribution >= 0.6 is 0 Å². The molecule has 0 aliphatic heterocycles. The summed E-state index contributed by atoms with van der Waals surface area (Å²) in [6.07, 6.45) is 2.71. The lowest BCUT2D eigenvalue weighted by molar-refractivity contribution is -0.142. The summed E-state index contributed by atoms with van der Waals surface area (Å²) in [5.74, 6) is -0.807. The summed E-state index contributed by atoms with van der Waals surface area (Å²) in [4.78, 5) is 18.2. The zero-order chi connectivity index (χ0) is 19.2. The summed E-state index contributed by atoms with van der Waals surface area (Å²) in [5.41, 5.74) is 0.135. The lowest BCUT2D eigenvalue weighted by Crippen LogP contribution is -2.44. The summed E-state index contributed by atoms with van der Waals surface area (Å²) < 4.78 is 0. The van der Waals surface area contributed by atoms with Crippen LogP contribution in [0.25, 0.3) is 10.9 Å². The van der Waals surface area contributed by atoms with Crippen molar-refractivity contribution in [1.29, 1.82) is 0 Å². The average molecular weight is 361 g/mol. The molecule has 4 N–H and O–H groups in total. The van der Waals surface area contributed by atoms with Crippen LogP contribution in [0, 0.1) is 0 Å². The zero-order valence-electron chi connectivity index (χ0n) is 15.3. The number of fused-ring (bicyclic) bond motifs is 1. The van der Waals surface area contributed by atoms with E-state index in [-0.39, 0.29) is 12.4 Å². The molecule has 0 amide bonds. The van der Waals surface area contributed by atoms with Gasteiger partial charge in [-0.05, 0) is 51.1 Å². The van der Waals surface area contributed by atoms with Crippen molar-refractivity contribution in [2.24, 2.45) is 0 Å². The third kappa shape index (κ3) is 4.83. The maximum Gasteiger partial charge on any atom is 0.329 e. The highest BCUT2D eigenvalue weighted by Gasteiger charge is 2.33. The Kier molecular flexibility index (Phi) is 6.76. The summed E-state index contributed by atoms with van der Waals surface area (Å²) >= 11 is 0. The van der Waals surface area contributed by atoms with Crippen molar-refractivity contribution in [2.45, 2.75) is 32.2 Å². The second-order valence-electron chi connectivity index (χ2n) is 6.58. The Bertz CT molecular complexity index is 753. The van der Waals surface area contributed by atoms with Crippen molar-refractivity contribution < 1.29 is 20.1 Å². The number of phenolic OH excluding ortho intramolecular Hbond substituents is 1. The smallest absolute Gasteiger partial charge is 0.329 e. The van der Waals surface area contributed by atoms with Gasteiger partial charge in [0.05, 0.1) is 12.1 Å². The Hall–Kier alpha value is -2.38. The maximum atomic E-state index is 11.9. The van der Waals surface area contributed by atoms with E-state index in [4.69, 9.17) is 5.11 Å². The predicted molar refractivity (Wildman–Crippen MR) is 102 cm³/mol. The first-order valence-electron chi connectivity index (χ1n) is 8.82. The topological polar surface area (TPSA) is 106 Å². The fraction of sp³-hybridized carbons (Fsp3) is 0.474. The van der Waals surface area contributed by atoms with Gasteiger partial charge in [0.2, 0.25) is 0 Å². The van der Waals surface area contributed by atoms with Crippen molar-refractivity contribution in [2.75, 3.05) is 31.6 Å². The predicted octanol–water partition coefficient (Wildman–Crippen LogP) is 2.29. The van der Waals surface area contributed by atoms with Gasteiger partial charge < -0.3 is 25.5 Å². The second-order valence-corrected chi connectivity index (χ2v) is 6.58. The van der Waals surface area contributed by atoms with E-state index in [1.165, 1.54) is 0 Å². The van der Waals surface area contributed by atoms with E-state index in [2.05, 4.69) is 15.2 Å². The molecule has 0 aliphatic carbocycles. The maximum absolute atomic E-state index is 11.9. The van der Waals surface area contributed by atoms with Gasteiger partial charge in [0, 0.05) is 29.9 Å². The van der Waals surface area contributed by atoms with Crippen LogP contribution in [-0.4, -0.2) is 63.0 Å². The van der Waals surface area contributed by atoms with Crippen LogP contribution in [0.3, 0.4) is 0 Å². The van der Waals surface area contributed by atoms with Crippen LogP contribution < -0.4 is 5.32 Å². The van der Waals surface area contributed by atoms with Crippen LogP contribution in [0.2, 0.25) is 0 Å². The van der Waals surface area contributed by atoms with Gasteiger partial charge in [-0.15, -0.1) is 0 Å². The van der Waals surface area contributed by atoms with Crippen molar-refractivity contribution >= 4 is 22.6 Å². The van der Waals surface area contributed by atoms with Gasteiger partial charge in [-0.2, -0.15) is 0 Å². The highest BCUT2D eigenvalue weighted by molar-refractivity contribution is 5.94. The fourth-order valence-electron chi connectivity index (χ4n) is 2.99. The molecular weight excluding hydrogens is 334 g/mol. The number of anilines is 1. The molecule has 1 atom stereocenters. The molecule has 0 aliphatic rings. The lowest BCUT2D eigenvalue weighted by atomic mass is 9.94. The third-order valence-electron chi connectivity index (χ3n) is 4.62. The minimum Gasteiger partial charge on any atom is -0.508 e. The van der Waals surface area contributed by atoms with Gasteiger partial charge in [0.15, 0.2) is 0 Å². The first-order chi connectivity index (χ1) is 12.4. The molecule has 142 valence electrons. The molecular formula is C19H27N3O4. The second kappa shape index (κ2) is 8.82. The minimum atomic E-state index is -1.13. The Labute approximate surface area is 153 Å². The highest BCUT2D eigenvalue weighted by Crippen LogP contribution is 2.28. The molecule has 0 radical (unpaired) electrons. The molecule has 2 rings (SSSR count). The largest absolute Gasteiger partial charge is 0.508 e. The number of aromatic hydroxyl groups is 1. The van der Waals surface area contributed by atoms with Crippen LogP contribution in [0.1, 0.15) is 26.7 Å². The van der Waals surface area contributed by atoms with Gasteiger partial charge in [-0.3, -0.25) is 4.98 Å². The standard InChI is InChI=1S/C19H27N3O4/c1-3-22(11-12-23)10-4-8-19(2,18(25)26)21-16-7-9-20-17-13-14(24)5-6-15(16)17/h5-7,9,13,23-24H,3-4,8,10-12H2,1-2H3,(H,20,21)(H,25,26). The first kappa shape index (κ1) is 19.9. The van der Waals surface area contributed by atoms with Gasteiger partial charge in [0.1, 0.15) is 11.3 Å². The van der Waals surface area contributed by atoms with E-state index < -0.39 is 11.5 Å². The molecule has 1 aromatic heterocycles. The normalized spacial score (nSPS) is 13.7. The van der Waals surface area contributed by atoms with E-state index >= 15 is 0 Å². The highest BCUT2D eigenvalue weighted by atomic mass is 16.4. The van der Waals surface area contributed by atoms with Gasteiger partial charge in [-0.1, -0.05) is 6.92 Å². The summed E-state index contributed by atoms with van der Waals surface area (Å²) in [6.45, 7) is 5.92. The number of carbonyl (C=O) groups is 1. The molecule has 0 fully saturated rings. The Morgan fingerprint density at radius 3 is 2.73 bits per heavy atom. The zero-order valence-corrected chi connectivity index (χ0v) is 15.3. The number of carboxylic acids is 1. The van der Waals surface area contributed by atoms with Crippen molar-refractivity contribution in [3.8, 4) is 5.75 Å². The molecule has 1 unspecified atom stereocenters. The van der Waals surface area contributed by atoms with Crippen molar-refractivity contribution in [3.63, 3.8) is 0 Å². The third-order valence-corrected chi connectivity index (χ3v) is 4.62.